The minimum atomic E-state index is -1.53. The molecule has 41 heavy (non-hydrogen) atoms. The van der Waals surface area contributed by atoms with Crippen molar-refractivity contribution in [2.45, 2.75) is 64.8 Å². The summed E-state index contributed by atoms with van der Waals surface area (Å²) in [5, 5.41) is 10.6. The zero-order chi connectivity index (χ0) is 30.3. The van der Waals surface area contributed by atoms with Gasteiger partial charge in [0.1, 0.15) is 30.0 Å². The number of hydrogen-bond acceptors (Lipinski definition) is 12. The minimum Gasteiger partial charge on any atom is -0.507 e. The second-order valence-corrected chi connectivity index (χ2v) is 9.06. The predicted molar refractivity (Wildman–Crippen MR) is 135 cm³/mol. The van der Waals surface area contributed by atoms with Gasteiger partial charge in [0.05, 0.1) is 5.56 Å². The van der Waals surface area contributed by atoms with Crippen molar-refractivity contribution in [3.8, 4) is 11.5 Å². The summed E-state index contributed by atoms with van der Waals surface area (Å²) in [5.41, 5.74) is 0.0388. The number of carbonyl (C=O) groups excluding carboxylic acids is 5. The molecule has 12 nitrogen and oxygen atoms in total. The van der Waals surface area contributed by atoms with Gasteiger partial charge >= 0.3 is 23.9 Å². The third-order valence-electron chi connectivity index (χ3n) is 5.78. The van der Waals surface area contributed by atoms with E-state index in [2.05, 4.69) is 0 Å². The number of ketones is 1. The number of ether oxygens (including phenoxy) is 6. The molecule has 2 aromatic carbocycles. The van der Waals surface area contributed by atoms with Gasteiger partial charge in [0, 0.05) is 40.2 Å². The Morgan fingerprint density at radius 2 is 1.44 bits per heavy atom. The molecule has 1 saturated heterocycles. The van der Waals surface area contributed by atoms with E-state index >= 15 is 0 Å². The zero-order valence-electron chi connectivity index (χ0n) is 22.7. The lowest BCUT2D eigenvalue weighted by Crippen LogP contribution is -2.63. The number of hydrogen-bond donors (Lipinski definition) is 1. The summed E-state index contributed by atoms with van der Waals surface area (Å²) in [4.78, 5) is 59.9. The molecule has 0 saturated carbocycles. The summed E-state index contributed by atoms with van der Waals surface area (Å²) in [5.74, 6) is -4.78. The summed E-state index contributed by atoms with van der Waals surface area (Å²) < 4.78 is 46.6. The van der Waals surface area contributed by atoms with E-state index in [-0.39, 0.29) is 23.3 Å². The van der Waals surface area contributed by atoms with Gasteiger partial charge in [-0.3, -0.25) is 24.0 Å². The maximum atomic E-state index is 14.0. The number of Topliss-reactive ketones (excluding diaryl/α,β-unsaturated/α-hetero) is 1. The summed E-state index contributed by atoms with van der Waals surface area (Å²) in [6.07, 6.45) is -7.38. The van der Waals surface area contributed by atoms with E-state index in [4.69, 9.17) is 28.4 Å². The molecule has 1 fully saturated rings. The van der Waals surface area contributed by atoms with E-state index in [0.29, 0.717) is 0 Å². The van der Waals surface area contributed by atoms with Crippen LogP contribution in [0.4, 0.5) is 4.39 Å². The highest BCUT2D eigenvalue weighted by Gasteiger charge is 2.53. The Bertz CT molecular complexity index is 1310. The van der Waals surface area contributed by atoms with Crippen LogP contribution in [0, 0.1) is 5.82 Å². The third-order valence-corrected chi connectivity index (χ3v) is 5.78. The van der Waals surface area contributed by atoms with E-state index in [1.807, 2.05) is 0 Å². The van der Waals surface area contributed by atoms with Crippen molar-refractivity contribution >= 4 is 29.7 Å². The molecule has 0 aliphatic carbocycles. The number of phenols is 1. The van der Waals surface area contributed by atoms with Gasteiger partial charge < -0.3 is 33.5 Å². The van der Waals surface area contributed by atoms with Crippen LogP contribution in [0.2, 0.25) is 0 Å². The van der Waals surface area contributed by atoms with E-state index in [0.717, 1.165) is 33.8 Å². The number of benzene rings is 2. The van der Waals surface area contributed by atoms with E-state index in [1.54, 1.807) is 6.07 Å². The molecule has 0 spiro atoms. The molecule has 0 aromatic heterocycles. The Morgan fingerprint density at radius 1 is 0.829 bits per heavy atom. The molecule has 2 aromatic rings. The molecule has 13 heteroatoms. The van der Waals surface area contributed by atoms with Crippen molar-refractivity contribution in [3.63, 3.8) is 0 Å². The highest BCUT2D eigenvalue weighted by molar-refractivity contribution is 6.00. The molecule has 1 aliphatic heterocycles. The van der Waals surface area contributed by atoms with Gasteiger partial charge in [0.25, 0.3) is 0 Å². The van der Waals surface area contributed by atoms with Gasteiger partial charge in [-0.05, 0) is 23.8 Å². The van der Waals surface area contributed by atoms with Crippen LogP contribution in [0.15, 0.2) is 42.5 Å². The zero-order valence-corrected chi connectivity index (χ0v) is 22.7. The highest BCUT2D eigenvalue weighted by atomic mass is 19.1. The van der Waals surface area contributed by atoms with Gasteiger partial charge in [0.15, 0.2) is 18.0 Å². The third kappa shape index (κ3) is 8.48. The Balaban J connectivity index is 1.92. The average Bonchev–Trinajstić information content (AvgIpc) is 2.87. The fourth-order valence-electron chi connectivity index (χ4n) is 4.15. The number of aromatic hydroxyl groups is 1. The molecule has 1 heterocycles. The van der Waals surface area contributed by atoms with Gasteiger partial charge in [-0.15, -0.1) is 0 Å². The first-order valence-electron chi connectivity index (χ1n) is 12.4. The Kier molecular flexibility index (Phi) is 10.4. The van der Waals surface area contributed by atoms with Crippen molar-refractivity contribution in [1.82, 2.24) is 0 Å². The molecule has 0 bridgehead atoms. The Morgan fingerprint density at radius 3 is 2.02 bits per heavy atom. The second kappa shape index (κ2) is 13.7. The molecule has 1 N–H and O–H groups in total. The van der Waals surface area contributed by atoms with Crippen molar-refractivity contribution in [2.24, 2.45) is 0 Å². The van der Waals surface area contributed by atoms with Gasteiger partial charge in [-0.25, -0.2) is 4.39 Å². The first-order valence-corrected chi connectivity index (χ1v) is 12.4. The number of phenolic OH excluding ortho intramolecular Hbond substituents is 1. The summed E-state index contributed by atoms with van der Waals surface area (Å²) in [6, 6.07) is 9.38. The SMILES string of the molecule is CC(=O)OC[C@@H]1O[C@@H](Oc2ccc(C(=O)Cc3ccccc3F)c(O)c2)[C@@H](OC(C)=O)[C@@H](OC(C)=O)[C@@H]1OC(C)=O. The minimum absolute atomic E-state index is 0.0640. The van der Waals surface area contributed by atoms with Crippen LogP contribution in [-0.4, -0.2) is 72.1 Å². The van der Waals surface area contributed by atoms with E-state index in [1.165, 1.54) is 30.3 Å². The Hall–Kier alpha value is -4.52. The van der Waals surface area contributed by atoms with Crippen LogP contribution in [0.1, 0.15) is 43.6 Å². The molecule has 1 aliphatic rings. The summed E-state index contributed by atoms with van der Waals surface area (Å²) in [7, 11) is 0. The maximum absolute atomic E-state index is 14.0. The van der Waals surface area contributed by atoms with Crippen LogP contribution >= 0.6 is 0 Å². The normalized spacial score (nSPS) is 21.7. The maximum Gasteiger partial charge on any atom is 0.303 e. The Labute approximate surface area is 234 Å². The van der Waals surface area contributed by atoms with Gasteiger partial charge in [-0.2, -0.15) is 0 Å². The largest absolute Gasteiger partial charge is 0.507 e. The summed E-state index contributed by atoms with van der Waals surface area (Å²) in [6.45, 7) is 3.94. The molecule has 5 atom stereocenters. The van der Waals surface area contributed by atoms with Crippen molar-refractivity contribution in [2.75, 3.05) is 6.61 Å². The van der Waals surface area contributed by atoms with Crippen LogP contribution in [-0.2, 0) is 49.3 Å². The van der Waals surface area contributed by atoms with Gasteiger partial charge in [-0.1, -0.05) is 18.2 Å². The number of halogens is 1. The van der Waals surface area contributed by atoms with Crippen LogP contribution in [0.25, 0.3) is 0 Å². The molecular formula is C28H29FO12. The first kappa shape index (κ1) is 31.0. The standard InChI is InChI=1S/C28H29FO12/c1-14(30)36-13-24-25(37-15(2)31)26(38-16(3)32)27(39-17(4)33)28(41-24)40-19-9-10-20(23(35)12-19)22(34)11-18-7-5-6-8-21(18)29/h5-10,12,24-28,35H,11,13H2,1-4H3/t24-,25+,26-,27-,28+/m0/s1. The molecule has 0 radical (unpaired) electrons. The highest BCUT2D eigenvalue weighted by Crippen LogP contribution is 2.33. The molecule has 0 unspecified atom stereocenters. The lowest BCUT2D eigenvalue weighted by molar-refractivity contribution is -0.288. The van der Waals surface area contributed by atoms with Crippen molar-refractivity contribution in [3.05, 3.63) is 59.4 Å². The fraction of sp³-hybridized carbons (Fsp3) is 0.393. The van der Waals surface area contributed by atoms with Crippen LogP contribution in [0.3, 0.4) is 0 Å². The number of rotatable bonds is 10. The number of esters is 4. The molecule has 0 amide bonds. The second-order valence-electron chi connectivity index (χ2n) is 9.06. The lowest BCUT2D eigenvalue weighted by Gasteiger charge is -2.43. The van der Waals surface area contributed by atoms with E-state index < -0.39 is 78.5 Å². The molecule has 220 valence electrons. The summed E-state index contributed by atoms with van der Waals surface area (Å²) >= 11 is 0. The van der Waals surface area contributed by atoms with Crippen molar-refractivity contribution < 1.29 is 61.9 Å². The smallest absolute Gasteiger partial charge is 0.303 e. The van der Waals surface area contributed by atoms with Crippen LogP contribution in [0.5, 0.6) is 11.5 Å². The van der Waals surface area contributed by atoms with Crippen molar-refractivity contribution in [1.29, 1.82) is 0 Å². The van der Waals surface area contributed by atoms with Gasteiger partial charge in [0.2, 0.25) is 12.4 Å². The van der Waals surface area contributed by atoms with E-state index in [9.17, 15) is 33.5 Å². The van der Waals surface area contributed by atoms with Crippen LogP contribution < -0.4 is 4.74 Å². The monoisotopic (exact) mass is 576 g/mol. The quantitative estimate of drug-likeness (QED) is 0.250. The molecular weight excluding hydrogens is 547 g/mol. The predicted octanol–water partition coefficient (Wildman–Crippen LogP) is 2.42. The first-order chi connectivity index (χ1) is 19.3. The number of carbonyl (C=O) groups is 5. The fourth-order valence-corrected chi connectivity index (χ4v) is 4.15. The average molecular weight is 577 g/mol. The topological polar surface area (TPSA) is 161 Å². The molecule has 3 rings (SSSR count). The lowest BCUT2D eigenvalue weighted by atomic mass is 9.98.